The molecule has 64 valence electrons. The van der Waals surface area contributed by atoms with Crippen LogP contribution in [0, 0.1) is 5.92 Å². The molecule has 1 aliphatic heterocycles. The molecule has 0 bridgehead atoms. The van der Waals surface area contributed by atoms with Gasteiger partial charge in [-0.15, -0.1) is 0 Å². The predicted molar refractivity (Wildman–Crippen MR) is 39.0 cm³/mol. The van der Waals surface area contributed by atoms with Crippen molar-refractivity contribution in [3.63, 3.8) is 0 Å². The molecule has 0 radical (unpaired) electrons. The fourth-order valence-corrected chi connectivity index (χ4v) is 2.00. The van der Waals surface area contributed by atoms with E-state index in [-0.39, 0.29) is 12.0 Å². The van der Waals surface area contributed by atoms with Crippen LogP contribution >= 0.6 is 0 Å². The number of hydrogen-bond acceptors (Lipinski definition) is 3. The van der Waals surface area contributed by atoms with Gasteiger partial charge in [-0.05, 0) is 6.42 Å². The van der Waals surface area contributed by atoms with E-state index in [9.17, 15) is 5.11 Å². The largest absolute Gasteiger partial charge is 0.393 e. The minimum atomic E-state index is -0.431. The van der Waals surface area contributed by atoms with Crippen LogP contribution in [0.15, 0.2) is 0 Å². The van der Waals surface area contributed by atoms with Gasteiger partial charge in [-0.2, -0.15) is 0 Å². The molecule has 2 fully saturated rings. The molecule has 1 saturated heterocycles. The summed E-state index contributed by atoms with van der Waals surface area (Å²) in [5.41, 5.74) is 0. The maximum Gasteiger partial charge on any atom is 0.173 e. The Bertz CT molecular complexity index is 151. The Hall–Kier alpha value is -0.120. The van der Waals surface area contributed by atoms with Crippen molar-refractivity contribution in [1.29, 1.82) is 0 Å². The van der Waals surface area contributed by atoms with E-state index in [0.717, 1.165) is 12.8 Å². The maximum absolute atomic E-state index is 9.46. The third-order valence-corrected chi connectivity index (χ3v) is 2.84. The Morgan fingerprint density at radius 2 is 2.00 bits per heavy atom. The van der Waals surface area contributed by atoms with Gasteiger partial charge in [0, 0.05) is 12.3 Å². The van der Waals surface area contributed by atoms with Crippen LogP contribution in [0.25, 0.3) is 0 Å². The molecule has 0 unspecified atom stereocenters. The van der Waals surface area contributed by atoms with Crippen LogP contribution < -0.4 is 0 Å². The number of hydrogen-bond donors (Lipinski definition) is 1. The maximum atomic E-state index is 9.46. The highest BCUT2D eigenvalue weighted by Crippen LogP contribution is 2.41. The molecule has 2 aliphatic rings. The highest BCUT2D eigenvalue weighted by Gasteiger charge is 2.49. The second kappa shape index (κ2) is 2.44. The Kier molecular flexibility index (Phi) is 1.67. The van der Waals surface area contributed by atoms with Crippen LogP contribution in [-0.4, -0.2) is 30.2 Å². The van der Waals surface area contributed by atoms with Gasteiger partial charge >= 0.3 is 0 Å². The zero-order chi connectivity index (χ0) is 7.90. The van der Waals surface area contributed by atoms with Crippen molar-refractivity contribution < 1.29 is 14.6 Å². The number of ether oxygens (including phenoxy) is 2. The Morgan fingerprint density at radius 1 is 1.36 bits per heavy atom. The summed E-state index contributed by atoms with van der Waals surface area (Å²) in [7, 11) is 0. The van der Waals surface area contributed by atoms with Crippen molar-refractivity contribution in [2.75, 3.05) is 13.2 Å². The lowest BCUT2D eigenvalue weighted by molar-refractivity contribution is -0.185. The second-order valence-corrected chi connectivity index (χ2v) is 3.40. The quantitative estimate of drug-likeness (QED) is 0.558. The third-order valence-electron chi connectivity index (χ3n) is 2.84. The minimum Gasteiger partial charge on any atom is -0.393 e. The average Bonchev–Trinajstić information content (AvgIpc) is 2.56. The molecule has 1 spiro atoms. The lowest BCUT2D eigenvalue weighted by Gasteiger charge is -2.27. The lowest BCUT2D eigenvalue weighted by atomic mass is 10.0. The molecular weight excluding hydrogens is 144 g/mol. The molecule has 0 amide bonds. The number of rotatable bonds is 0. The highest BCUT2D eigenvalue weighted by atomic mass is 16.7. The van der Waals surface area contributed by atoms with Crippen molar-refractivity contribution >= 4 is 0 Å². The summed E-state index contributed by atoms with van der Waals surface area (Å²) in [6.07, 6.45) is 1.41. The molecule has 3 nitrogen and oxygen atoms in total. The van der Waals surface area contributed by atoms with Crippen LogP contribution in [0.5, 0.6) is 0 Å². The minimum absolute atomic E-state index is 0.130. The van der Waals surface area contributed by atoms with Crippen molar-refractivity contribution in [3.05, 3.63) is 0 Å². The summed E-state index contributed by atoms with van der Waals surface area (Å²) >= 11 is 0. The third kappa shape index (κ3) is 0.991. The second-order valence-electron chi connectivity index (χ2n) is 3.40. The van der Waals surface area contributed by atoms with Crippen molar-refractivity contribution in [2.45, 2.75) is 31.7 Å². The molecule has 2 atom stereocenters. The van der Waals surface area contributed by atoms with Gasteiger partial charge in [-0.1, -0.05) is 6.92 Å². The molecule has 0 aromatic carbocycles. The molecule has 11 heavy (non-hydrogen) atoms. The van der Waals surface area contributed by atoms with E-state index in [2.05, 4.69) is 0 Å². The van der Waals surface area contributed by atoms with E-state index >= 15 is 0 Å². The first-order valence-corrected chi connectivity index (χ1v) is 4.20. The molecule has 2 rings (SSSR count). The Labute approximate surface area is 66.3 Å². The van der Waals surface area contributed by atoms with Crippen molar-refractivity contribution in [1.82, 2.24) is 0 Å². The van der Waals surface area contributed by atoms with E-state index in [0.29, 0.717) is 13.2 Å². The van der Waals surface area contributed by atoms with Gasteiger partial charge in [0.2, 0.25) is 0 Å². The monoisotopic (exact) mass is 158 g/mol. The van der Waals surface area contributed by atoms with Gasteiger partial charge in [0.25, 0.3) is 0 Å². The molecule has 3 heteroatoms. The summed E-state index contributed by atoms with van der Waals surface area (Å²) < 4.78 is 11.0. The van der Waals surface area contributed by atoms with Crippen LogP contribution in [0.2, 0.25) is 0 Å². The fraction of sp³-hybridized carbons (Fsp3) is 1.00. The first-order valence-electron chi connectivity index (χ1n) is 4.20. The topological polar surface area (TPSA) is 38.7 Å². The number of aliphatic hydroxyl groups is 1. The number of aliphatic hydroxyl groups excluding tert-OH is 1. The van der Waals surface area contributed by atoms with Gasteiger partial charge in [0.05, 0.1) is 19.3 Å². The fourth-order valence-electron chi connectivity index (χ4n) is 2.00. The first-order chi connectivity index (χ1) is 5.25. The van der Waals surface area contributed by atoms with Gasteiger partial charge in [0.1, 0.15) is 0 Å². The summed E-state index contributed by atoms with van der Waals surface area (Å²) in [5, 5.41) is 9.46. The van der Waals surface area contributed by atoms with Crippen LogP contribution in [-0.2, 0) is 9.47 Å². The van der Waals surface area contributed by atoms with Gasteiger partial charge in [0.15, 0.2) is 5.79 Å². The van der Waals surface area contributed by atoms with Gasteiger partial charge < -0.3 is 14.6 Å². The SMILES string of the molecule is C[C@@H]1[C@@H](O)CCC12OCCO2. The van der Waals surface area contributed by atoms with Gasteiger partial charge in [-0.25, -0.2) is 0 Å². The smallest absolute Gasteiger partial charge is 0.173 e. The Balaban J connectivity index is 2.13. The van der Waals surface area contributed by atoms with Crippen LogP contribution in [0.4, 0.5) is 0 Å². The summed E-state index contributed by atoms with van der Waals surface area (Å²) in [6.45, 7) is 3.34. The zero-order valence-electron chi connectivity index (χ0n) is 6.75. The lowest BCUT2D eigenvalue weighted by Crippen LogP contribution is -2.36. The molecule has 1 heterocycles. The van der Waals surface area contributed by atoms with Gasteiger partial charge in [-0.3, -0.25) is 0 Å². The Morgan fingerprint density at radius 3 is 2.45 bits per heavy atom. The van der Waals surface area contributed by atoms with E-state index in [1.807, 2.05) is 6.92 Å². The summed E-state index contributed by atoms with van der Waals surface area (Å²) in [5.74, 6) is -0.302. The van der Waals surface area contributed by atoms with E-state index < -0.39 is 5.79 Å². The predicted octanol–water partition coefficient (Wildman–Crippen LogP) is 0.520. The van der Waals surface area contributed by atoms with Crippen LogP contribution in [0.1, 0.15) is 19.8 Å². The molecule has 0 aromatic heterocycles. The van der Waals surface area contributed by atoms with Crippen molar-refractivity contribution in [3.8, 4) is 0 Å². The molecule has 1 saturated carbocycles. The zero-order valence-corrected chi connectivity index (χ0v) is 6.75. The molecule has 0 aromatic rings. The van der Waals surface area contributed by atoms with E-state index in [1.165, 1.54) is 0 Å². The standard InChI is InChI=1S/C8H14O3/c1-6-7(9)2-3-8(6)10-4-5-11-8/h6-7,9H,2-5H2,1H3/t6-,7+/m1/s1. The summed E-state index contributed by atoms with van der Waals surface area (Å²) in [4.78, 5) is 0. The molecule has 1 aliphatic carbocycles. The molecular formula is C8H14O3. The summed E-state index contributed by atoms with van der Waals surface area (Å²) in [6, 6.07) is 0. The van der Waals surface area contributed by atoms with E-state index in [4.69, 9.17) is 9.47 Å². The molecule has 1 N–H and O–H groups in total. The normalized spacial score (nSPS) is 42.0. The first kappa shape index (κ1) is 7.53. The van der Waals surface area contributed by atoms with Crippen molar-refractivity contribution in [2.24, 2.45) is 5.92 Å². The average molecular weight is 158 g/mol. The van der Waals surface area contributed by atoms with Crippen LogP contribution in [0.3, 0.4) is 0 Å². The highest BCUT2D eigenvalue weighted by molar-refractivity contribution is 4.91. The van der Waals surface area contributed by atoms with E-state index in [1.54, 1.807) is 0 Å².